The first kappa shape index (κ1) is 16.7. The zero-order chi connectivity index (χ0) is 14.3. The van der Waals surface area contributed by atoms with Crippen LogP contribution in [0.25, 0.3) is 0 Å². The van der Waals surface area contributed by atoms with Crippen LogP contribution in [0.1, 0.15) is 47.5 Å². The molecule has 0 fully saturated rings. The van der Waals surface area contributed by atoms with Crippen LogP contribution in [-0.4, -0.2) is 40.6 Å². The first-order valence-corrected chi connectivity index (χ1v) is 6.57. The lowest BCUT2D eigenvalue weighted by molar-refractivity contribution is -0.144. The van der Waals surface area contributed by atoms with Crippen LogP contribution < -0.4 is 5.32 Å². The van der Waals surface area contributed by atoms with Crippen LogP contribution in [0.5, 0.6) is 0 Å². The predicted molar refractivity (Wildman–Crippen MR) is 71.6 cm³/mol. The Bertz CT molecular complexity index is 292. The van der Waals surface area contributed by atoms with Crippen molar-refractivity contribution in [3.63, 3.8) is 0 Å². The molecule has 0 radical (unpaired) electrons. The van der Waals surface area contributed by atoms with Crippen molar-refractivity contribution in [2.24, 2.45) is 5.92 Å². The van der Waals surface area contributed by atoms with Gasteiger partial charge in [-0.15, -0.1) is 0 Å². The van der Waals surface area contributed by atoms with E-state index in [1.807, 2.05) is 27.7 Å². The Balaban J connectivity index is 4.72. The highest BCUT2D eigenvalue weighted by Gasteiger charge is 2.34. The van der Waals surface area contributed by atoms with Gasteiger partial charge >= 0.3 is 12.0 Å². The molecule has 0 aliphatic rings. The van der Waals surface area contributed by atoms with Gasteiger partial charge in [-0.2, -0.15) is 0 Å². The average Bonchev–Trinajstić information content (AvgIpc) is 2.25. The van der Waals surface area contributed by atoms with Crippen molar-refractivity contribution in [1.82, 2.24) is 10.2 Å². The van der Waals surface area contributed by atoms with Crippen LogP contribution in [0, 0.1) is 5.92 Å². The average molecular weight is 258 g/mol. The number of hydrogen-bond acceptors (Lipinski definition) is 2. The van der Waals surface area contributed by atoms with Gasteiger partial charge in [0.15, 0.2) is 0 Å². The Morgan fingerprint density at radius 1 is 1.33 bits per heavy atom. The molecule has 18 heavy (non-hydrogen) atoms. The quantitative estimate of drug-likeness (QED) is 0.736. The molecule has 0 bridgehead atoms. The molecule has 0 aliphatic heterocycles. The first-order chi connectivity index (χ1) is 8.26. The maximum atomic E-state index is 12.1. The standard InChI is InChI=1S/C13H26N2O3/c1-6-8-13(5,11(16)17)14-12(18)15(7-2)9-10(3)4/h10H,6-9H2,1-5H3,(H,14,18)(H,16,17). The van der Waals surface area contributed by atoms with Gasteiger partial charge in [0.2, 0.25) is 0 Å². The summed E-state index contributed by atoms with van der Waals surface area (Å²) in [6, 6.07) is -0.301. The minimum atomic E-state index is -1.18. The van der Waals surface area contributed by atoms with Crippen molar-refractivity contribution in [2.75, 3.05) is 13.1 Å². The number of carbonyl (C=O) groups excluding carboxylic acids is 1. The van der Waals surface area contributed by atoms with Gasteiger partial charge in [-0.1, -0.05) is 27.2 Å². The molecule has 1 atom stereocenters. The van der Waals surface area contributed by atoms with E-state index in [1.165, 1.54) is 0 Å². The summed E-state index contributed by atoms with van der Waals surface area (Å²) < 4.78 is 0. The van der Waals surface area contributed by atoms with Gasteiger partial charge < -0.3 is 15.3 Å². The third kappa shape index (κ3) is 4.94. The van der Waals surface area contributed by atoms with E-state index in [-0.39, 0.29) is 6.03 Å². The third-order valence-corrected chi connectivity index (χ3v) is 2.86. The van der Waals surface area contributed by atoms with Crippen molar-refractivity contribution >= 4 is 12.0 Å². The Morgan fingerprint density at radius 3 is 2.22 bits per heavy atom. The number of amides is 2. The van der Waals surface area contributed by atoms with Gasteiger partial charge in [0, 0.05) is 13.1 Å². The normalized spacial score (nSPS) is 14.1. The molecule has 0 rings (SSSR count). The molecule has 0 heterocycles. The van der Waals surface area contributed by atoms with Crippen LogP contribution in [0.3, 0.4) is 0 Å². The number of nitrogens with zero attached hydrogens (tertiary/aromatic N) is 1. The van der Waals surface area contributed by atoms with Crippen molar-refractivity contribution in [3.05, 3.63) is 0 Å². The number of urea groups is 1. The number of nitrogens with one attached hydrogen (secondary N) is 1. The molecule has 0 saturated carbocycles. The number of carboxylic acid groups (broad SMARTS) is 1. The third-order valence-electron chi connectivity index (χ3n) is 2.86. The van der Waals surface area contributed by atoms with Crippen molar-refractivity contribution in [2.45, 2.75) is 53.0 Å². The van der Waals surface area contributed by atoms with Gasteiger partial charge in [-0.3, -0.25) is 0 Å². The zero-order valence-electron chi connectivity index (χ0n) is 12.1. The molecule has 0 aromatic carbocycles. The summed E-state index contributed by atoms with van der Waals surface area (Å²) >= 11 is 0. The van der Waals surface area contributed by atoms with Crippen molar-refractivity contribution < 1.29 is 14.7 Å². The summed E-state index contributed by atoms with van der Waals surface area (Å²) in [4.78, 5) is 24.9. The summed E-state index contributed by atoms with van der Waals surface area (Å²) in [5.41, 5.74) is -1.18. The zero-order valence-corrected chi connectivity index (χ0v) is 12.1. The van der Waals surface area contributed by atoms with Crippen LogP contribution in [-0.2, 0) is 4.79 Å². The largest absolute Gasteiger partial charge is 0.480 e. The smallest absolute Gasteiger partial charge is 0.329 e. The monoisotopic (exact) mass is 258 g/mol. The Morgan fingerprint density at radius 2 is 1.89 bits per heavy atom. The van der Waals surface area contributed by atoms with E-state index in [0.717, 1.165) is 0 Å². The lowest BCUT2D eigenvalue weighted by atomic mass is 9.96. The maximum Gasteiger partial charge on any atom is 0.329 e. The Hall–Kier alpha value is -1.26. The van der Waals surface area contributed by atoms with Gasteiger partial charge in [0.05, 0.1) is 0 Å². The molecule has 2 N–H and O–H groups in total. The van der Waals surface area contributed by atoms with Crippen LogP contribution in [0.15, 0.2) is 0 Å². The fourth-order valence-corrected chi connectivity index (χ4v) is 1.83. The van der Waals surface area contributed by atoms with Crippen LogP contribution in [0.2, 0.25) is 0 Å². The Kier molecular flexibility index (Phi) is 6.73. The summed E-state index contributed by atoms with van der Waals surface area (Å²) in [5.74, 6) is -0.628. The minimum Gasteiger partial charge on any atom is -0.480 e. The Labute approximate surface area is 110 Å². The van der Waals surface area contributed by atoms with Crippen molar-refractivity contribution in [1.29, 1.82) is 0 Å². The number of carboxylic acids is 1. The van der Waals surface area contributed by atoms with E-state index in [9.17, 15) is 14.7 Å². The molecular weight excluding hydrogens is 232 g/mol. The molecule has 0 aromatic heterocycles. The van der Waals surface area contributed by atoms with Gasteiger partial charge in [-0.25, -0.2) is 9.59 Å². The summed E-state index contributed by atoms with van der Waals surface area (Å²) in [7, 11) is 0. The molecular formula is C13H26N2O3. The van der Waals surface area contributed by atoms with Crippen LogP contribution in [0.4, 0.5) is 4.79 Å². The number of rotatable bonds is 7. The molecule has 2 amide bonds. The fourth-order valence-electron chi connectivity index (χ4n) is 1.83. The van der Waals surface area contributed by atoms with E-state index in [2.05, 4.69) is 5.32 Å². The number of carbonyl (C=O) groups is 2. The SMILES string of the molecule is CCCC(C)(NC(=O)N(CC)CC(C)C)C(=O)O. The predicted octanol–water partition coefficient (Wildman–Crippen LogP) is 2.32. The van der Waals surface area contributed by atoms with Crippen molar-refractivity contribution in [3.8, 4) is 0 Å². The van der Waals surface area contributed by atoms with Gasteiger partial charge in [-0.05, 0) is 26.2 Å². The lowest BCUT2D eigenvalue weighted by Gasteiger charge is -2.30. The molecule has 5 nitrogen and oxygen atoms in total. The van der Waals surface area contributed by atoms with Gasteiger partial charge in [0.1, 0.15) is 5.54 Å². The number of hydrogen-bond donors (Lipinski definition) is 2. The molecule has 0 aliphatic carbocycles. The topological polar surface area (TPSA) is 69.6 Å². The van der Waals surface area contributed by atoms with Gasteiger partial charge in [0.25, 0.3) is 0 Å². The van der Waals surface area contributed by atoms with E-state index in [1.54, 1.807) is 11.8 Å². The number of aliphatic carboxylic acids is 1. The first-order valence-electron chi connectivity index (χ1n) is 6.57. The van der Waals surface area contributed by atoms with E-state index >= 15 is 0 Å². The second-order valence-corrected chi connectivity index (χ2v) is 5.25. The summed E-state index contributed by atoms with van der Waals surface area (Å²) in [5, 5.41) is 11.9. The molecule has 106 valence electrons. The van der Waals surface area contributed by atoms with E-state index < -0.39 is 11.5 Å². The molecule has 1 unspecified atom stereocenters. The minimum absolute atomic E-state index is 0.301. The second-order valence-electron chi connectivity index (χ2n) is 5.25. The van der Waals surface area contributed by atoms with E-state index in [4.69, 9.17) is 0 Å². The molecule has 0 aromatic rings. The lowest BCUT2D eigenvalue weighted by Crippen LogP contribution is -2.56. The maximum absolute atomic E-state index is 12.1. The summed E-state index contributed by atoms with van der Waals surface area (Å²) in [6.45, 7) is 10.6. The second kappa shape index (κ2) is 7.24. The molecule has 0 spiro atoms. The van der Waals surface area contributed by atoms with Crippen LogP contribution >= 0.6 is 0 Å². The highest BCUT2D eigenvalue weighted by molar-refractivity contribution is 5.85. The fraction of sp³-hybridized carbons (Fsp3) is 0.846. The highest BCUT2D eigenvalue weighted by Crippen LogP contribution is 2.13. The molecule has 5 heteroatoms. The highest BCUT2D eigenvalue weighted by atomic mass is 16.4. The van der Waals surface area contributed by atoms with E-state index in [0.29, 0.717) is 31.8 Å². The summed E-state index contributed by atoms with van der Waals surface area (Å²) in [6.07, 6.45) is 1.13. The molecule has 0 saturated heterocycles.